The van der Waals surface area contributed by atoms with Gasteiger partial charge in [-0.3, -0.25) is 0 Å². The highest BCUT2D eigenvalue weighted by Gasteiger charge is 2.21. The first-order chi connectivity index (χ1) is 18.7. The number of hydrogen-bond acceptors (Lipinski definition) is 8. The van der Waals surface area contributed by atoms with E-state index in [1.807, 2.05) is 97.1 Å². The van der Waals surface area contributed by atoms with Crippen LogP contribution in [0.15, 0.2) is 81.6 Å². The largest absolute Gasteiger partial charge is 0.434 e. The second-order valence-electron chi connectivity index (χ2n) is 8.27. The molecule has 0 radical (unpaired) electrons. The van der Waals surface area contributed by atoms with Crippen LogP contribution in [0, 0.1) is 45.3 Å². The van der Waals surface area contributed by atoms with Crippen LogP contribution < -0.4 is 11.1 Å². The van der Waals surface area contributed by atoms with Crippen LogP contribution in [0.2, 0.25) is 0 Å². The van der Waals surface area contributed by atoms with E-state index >= 15 is 0 Å². The lowest BCUT2D eigenvalue weighted by Gasteiger charge is -2.09. The third-order valence-electron chi connectivity index (χ3n) is 6.17. The Morgan fingerprint density at radius 2 is 0.921 bits per heavy atom. The molecule has 0 bridgehead atoms. The quantitative estimate of drug-likeness (QED) is 0.336. The average molecular weight is 488 g/mol. The number of benzene rings is 4. The van der Waals surface area contributed by atoms with Gasteiger partial charge in [-0.25, -0.2) is 9.97 Å². The molecule has 2 aromatic heterocycles. The smallest absolute Gasteiger partial charge is 0.249 e. The van der Waals surface area contributed by atoms with E-state index in [0.29, 0.717) is 44.1 Å². The van der Waals surface area contributed by atoms with E-state index in [1.165, 1.54) is 0 Å². The third-order valence-corrected chi connectivity index (χ3v) is 6.17. The Hall–Kier alpha value is -6.22. The zero-order valence-electron chi connectivity index (χ0n) is 19.4. The minimum atomic E-state index is -0.248. The lowest BCUT2D eigenvalue weighted by Crippen LogP contribution is -2.03. The number of oxazole rings is 2. The first kappa shape index (κ1) is 22.3. The van der Waals surface area contributed by atoms with Gasteiger partial charge in [0.1, 0.15) is 35.3 Å². The normalized spacial score (nSPS) is 10.5. The molecule has 8 heteroatoms. The summed E-state index contributed by atoms with van der Waals surface area (Å²) in [4.78, 5) is 9.08. The van der Waals surface area contributed by atoms with Crippen LogP contribution in [-0.4, -0.2) is 9.97 Å². The summed E-state index contributed by atoms with van der Waals surface area (Å²) in [7, 11) is 0. The number of rotatable bonds is 2. The van der Waals surface area contributed by atoms with Gasteiger partial charge >= 0.3 is 0 Å². The molecular formula is C30H12N6O2. The predicted molar refractivity (Wildman–Crippen MR) is 138 cm³/mol. The zero-order valence-corrected chi connectivity index (χ0v) is 19.4. The Bertz CT molecular complexity index is 2020. The summed E-state index contributed by atoms with van der Waals surface area (Å²) < 4.78 is 12.1. The van der Waals surface area contributed by atoms with Crippen molar-refractivity contribution in [2.75, 3.05) is 0 Å². The Morgan fingerprint density at radius 3 is 1.26 bits per heavy atom. The predicted octanol–water partition coefficient (Wildman–Crippen LogP) is 4.85. The van der Waals surface area contributed by atoms with E-state index in [9.17, 15) is 21.0 Å². The first-order valence-electron chi connectivity index (χ1n) is 11.3. The second kappa shape index (κ2) is 8.77. The van der Waals surface area contributed by atoms with Crippen LogP contribution in [0.25, 0.3) is 66.4 Å². The van der Waals surface area contributed by atoms with E-state index in [-0.39, 0.29) is 22.2 Å². The topological polar surface area (TPSA) is 147 Å². The number of nitriles is 4. The summed E-state index contributed by atoms with van der Waals surface area (Å²) in [6.07, 6.45) is 0. The van der Waals surface area contributed by atoms with E-state index in [4.69, 9.17) is 8.83 Å². The lowest BCUT2D eigenvalue weighted by molar-refractivity contribution is 0.560. The van der Waals surface area contributed by atoms with Gasteiger partial charge in [0.15, 0.2) is 22.3 Å². The van der Waals surface area contributed by atoms with Crippen LogP contribution >= 0.6 is 0 Å². The SMILES string of the molecule is N#CC(C#N)=c1nc2c(-c3ccccc3)cc3c(cc(-c4ccccc4)c4nc(=C(C#N)C#N)oc43)c2o1. The van der Waals surface area contributed by atoms with Gasteiger partial charge in [0, 0.05) is 21.9 Å². The minimum Gasteiger partial charge on any atom is -0.434 e. The summed E-state index contributed by atoms with van der Waals surface area (Å²) >= 11 is 0. The highest BCUT2D eigenvalue weighted by molar-refractivity contribution is 6.19. The summed E-state index contributed by atoms with van der Waals surface area (Å²) in [5.41, 5.74) is 4.04. The molecule has 0 aliphatic carbocycles. The van der Waals surface area contributed by atoms with Crippen molar-refractivity contribution in [3.05, 3.63) is 83.9 Å². The molecule has 0 unspecified atom stereocenters. The van der Waals surface area contributed by atoms with Gasteiger partial charge in [-0.05, 0) is 23.3 Å². The highest BCUT2D eigenvalue weighted by atomic mass is 16.3. The van der Waals surface area contributed by atoms with Gasteiger partial charge < -0.3 is 8.83 Å². The molecule has 0 aliphatic rings. The maximum absolute atomic E-state index is 9.45. The summed E-state index contributed by atoms with van der Waals surface area (Å²) in [5.74, 6) is 0. The Balaban J connectivity index is 1.89. The molecule has 6 rings (SSSR count). The molecule has 174 valence electrons. The van der Waals surface area contributed by atoms with Crippen LogP contribution in [0.1, 0.15) is 0 Å². The third kappa shape index (κ3) is 3.35. The van der Waals surface area contributed by atoms with Crippen molar-refractivity contribution in [1.29, 1.82) is 21.0 Å². The van der Waals surface area contributed by atoms with Gasteiger partial charge in [0.05, 0.1) is 0 Å². The lowest BCUT2D eigenvalue weighted by atomic mass is 9.95. The molecule has 0 saturated carbocycles. The van der Waals surface area contributed by atoms with Crippen molar-refractivity contribution in [3.8, 4) is 46.5 Å². The molecule has 0 aliphatic heterocycles. The molecule has 4 aromatic carbocycles. The molecule has 0 spiro atoms. The maximum Gasteiger partial charge on any atom is 0.249 e. The molecule has 0 amide bonds. The zero-order chi connectivity index (χ0) is 26.2. The van der Waals surface area contributed by atoms with Crippen LogP contribution in [0.4, 0.5) is 0 Å². The van der Waals surface area contributed by atoms with Crippen molar-refractivity contribution in [2.24, 2.45) is 0 Å². The van der Waals surface area contributed by atoms with Crippen LogP contribution in [-0.2, 0) is 0 Å². The van der Waals surface area contributed by atoms with Gasteiger partial charge in [-0.2, -0.15) is 21.0 Å². The molecule has 8 nitrogen and oxygen atoms in total. The van der Waals surface area contributed by atoms with Crippen molar-refractivity contribution >= 4 is 44.1 Å². The second-order valence-corrected chi connectivity index (χ2v) is 8.27. The molecule has 38 heavy (non-hydrogen) atoms. The highest BCUT2D eigenvalue weighted by Crippen LogP contribution is 2.40. The Kier molecular flexibility index (Phi) is 5.14. The van der Waals surface area contributed by atoms with E-state index in [1.54, 1.807) is 0 Å². The molecular weight excluding hydrogens is 476 g/mol. The monoisotopic (exact) mass is 488 g/mol. The fourth-order valence-corrected chi connectivity index (χ4v) is 4.46. The van der Waals surface area contributed by atoms with E-state index in [2.05, 4.69) is 9.97 Å². The summed E-state index contributed by atoms with van der Waals surface area (Å²) in [6.45, 7) is 0. The molecule has 0 N–H and O–H groups in total. The molecule has 2 heterocycles. The maximum atomic E-state index is 9.45. The molecule has 6 aromatic rings. The molecule has 0 fully saturated rings. The summed E-state index contributed by atoms with van der Waals surface area (Å²) in [5, 5.41) is 39.0. The van der Waals surface area contributed by atoms with E-state index < -0.39 is 0 Å². The fourth-order valence-electron chi connectivity index (χ4n) is 4.46. The van der Waals surface area contributed by atoms with Crippen molar-refractivity contribution in [1.82, 2.24) is 9.97 Å². The van der Waals surface area contributed by atoms with Gasteiger partial charge in [0.25, 0.3) is 0 Å². The number of hydrogen-bond donors (Lipinski definition) is 0. The first-order valence-corrected chi connectivity index (χ1v) is 11.3. The van der Waals surface area contributed by atoms with Crippen molar-refractivity contribution in [3.63, 3.8) is 0 Å². The van der Waals surface area contributed by atoms with Gasteiger partial charge in [-0.15, -0.1) is 0 Å². The van der Waals surface area contributed by atoms with Crippen molar-refractivity contribution in [2.45, 2.75) is 0 Å². The Morgan fingerprint density at radius 1 is 0.553 bits per heavy atom. The minimum absolute atomic E-state index is 0.0844. The van der Waals surface area contributed by atoms with Crippen LogP contribution in [0.5, 0.6) is 0 Å². The van der Waals surface area contributed by atoms with Gasteiger partial charge in [0.2, 0.25) is 11.1 Å². The molecule has 0 atom stereocenters. The summed E-state index contributed by atoms with van der Waals surface area (Å²) in [6, 6.07) is 30.1. The van der Waals surface area contributed by atoms with E-state index in [0.717, 1.165) is 11.1 Å². The molecule has 0 saturated heterocycles. The standard InChI is InChI=1S/C30H12N6O2/c31-13-19(14-32)29-35-25-21(17-7-3-1-4-8-17)11-23-24(27(25)37-29)12-22(18-9-5-2-6-10-18)26-28(23)38-30(36-26)20(15-33)16-34/h1-12H. The number of fused-ring (bicyclic) bond motifs is 5. The van der Waals surface area contributed by atoms with Gasteiger partial charge in [-0.1, -0.05) is 60.7 Å². The number of nitrogens with zero attached hydrogens (tertiary/aromatic N) is 6. The average Bonchev–Trinajstić information content (AvgIpc) is 3.60. The van der Waals surface area contributed by atoms with Crippen molar-refractivity contribution < 1.29 is 8.83 Å². The number of aromatic nitrogens is 2. The fraction of sp³-hybridized carbons (Fsp3) is 0. The van der Waals surface area contributed by atoms with Crippen LogP contribution in [0.3, 0.4) is 0 Å². The Labute approximate surface area is 214 Å².